The highest BCUT2D eigenvalue weighted by Crippen LogP contribution is 2.33. The molecule has 20 heavy (non-hydrogen) atoms. The van der Waals surface area contributed by atoms with Gasteiger partial charge in [-0.3, -0.25) is 4.68 Å². The van der Waals surface area contributed by atoms with Crippen molar-refractivity contribution in [2.45, 2.75) is 43.5 Å². The Morgan fingerprint density at radius 1 is 1.55 bits per heavy atom. The summed E-state index contributed by atoms with van der Waals surface area (Å²) in [7, 11) is 3.69. The predicted molar refractivity (Wildman–Crippen MR) is 85.6 cm³/mol. The van der Waals surface area contributed by atoms with Gasteiger partial charge in [-0.2, -0.15) is 16.9 Å². The van der Waals surface area contributed by atoms with E-state index in [4.69, 9.17) is 16.3 Å². The van der Waals surface area contributed by atoms with Crippen LogP contribution in [0.25, 0.3) is 0 Å². The first-order chi connectivity index (χ1) is 9.76. The number of aromatic nitrogens is 2. The summed E-state index contributed by atoms with van der Waals surface area (Å²) in [5, 5.41) is 9.30. The molecule has 1 saturated carbocycles. The number of methoxy groups -OCH3 is 1. The van der Waals surface area contributed by atoms with Gasteiger partial charge in [0.15, 0.2) is 0 Å². The highest BCUT2D eigenvalue weighted by atomic mass is 35.5. The van der Waals surface area contributed by atoms with E-state index in [1.165, 1.54) is 25.7 Å². The molecule has 0 aromatic carbocycles. The van der Waals surface area contributed by atoms with Gasteiger partial charge in [-0.15, -0.1) is 0 Å². The molecule has 1 aliphatic rings. The van der Waals surface area contributed by atoms with Crippen molar-refractivity contribution in [3.63, 3.8) is 0 Å². The van der Waals surface area contributed by atoms with Crippen LogP contribution in [0.15, 0.2) is 6.20 Å². The van der Waals surface area contributed by atoms with Crippen LogP contribution in [0.4, 0.5) is 0 Å². The maximum Gasteiger partial charge on any atom is 0.0834 e. The van der Waals surface area contributed by atoms with Crippen molar-refractivity contribution in [1.29, 1.82) is 0 Å². The zero-order valence-electron chi connectivity index (χ0n) is 12.3. The predicted octanol–water partition coefficient (Wildman–Crippen LogP) is 3.12. The van der Waals surface area contributed by atoms with Crippen LogP contribution in [0.5, 0.6) is 0 Å². The number of rotatable bonds is 8. The first kappa shape index (κ1) is 16.1. The quantitative estimate of drug-likeness (QED) is 0.799. The maximum atomic E-state index is 6.32. The summed E-state index contributed by atoms with van der Waals surface area (Å²) in [5.74, 6) is 1.04. The van der Waals surface area contributed by atoms with E-state index in [2.05, 4.69) is 22.2 Å². The van der Waals surface area contributed by atoms with Crippen molar-refractivity contribution < 1.29 is 4.74 Å². The minimum atomic E-state index is 0.243. The highest BCUT2D eigenvalue weighted by Gasteiger charge is 2.22. The van der Waals surface area contributed by atoms with Crippen LogP contribution < -0.4 is 5.32 Å². The van der Waals surface area contributed by atoms with E-state index in [0.717, 1.165) is 28.3 Å². The zero-order chi connectivity index (χ0) is 14.4. The molecule has 1 atom stereocenters. The van der Waals surface area contributed by atoms with Crippen LogP contribution in [0.1, 0.15) is 37.4 Å². The van der Waals surface area contributed by atoms with E-state index >= 15 is 0 Å². The average Bonchev–Trinajstić information content (AvgIpc) is 3.08. The van der Waals surface area contributed by atoms with Gasteiger partial charge in [-0.05, 0) is 19.9 Å². The number of halogens is 1. The van der Waals surface area contributed by atoms with Gasteiger partial charge in [0.2, 0.25) is 0 Å². The molecule has 1 heterocycles. The summed E-state index contributed by atoms with van der Waals surface area (Å²) in [6.45, 7) is 1.39. The molecule has 1 aliphatic carbocycles. The highest BCUT2D eigenvalue weighted by molar-refractivity contribution is 7.99. The SMILES string of the molecule is CNC(CSC1CCCC1)c1c(Cl)cnn1CCOC. The Hall–Kier alpha value is -0.230. The normalized spacial score (nSPS) is 17.8. The Kier molecular flexibility index (Phi) is 6.68. The first-order valence-corrected chi connectivity index (χ1v) is 8.68. The summed E-state index contributed by atoms with van der Waals surface area (Å²) in [4.78, 5) is 0. The Labute approximate surface area is 130 Å². The van der Waals surface area contributed by atoms with Gasteiger partial charge in [0, 0.05) is 18.1 Å². The lowest BCUT2D eigenvalue weighted by Crippen LogP contribution is -2.24. The molecular weight excluding hydrogens is 294 g/mol. The molecular formula is C14H24ClN3OS. The molecule has 114 valence electrons. The van der Waals surface area contributed by atoms with Crippen LogP contribution in [0.2, 0.25) is 5.02 Å². The standard InChI is InChI=1S/C14H24ClN3OS/c1-16-13(10-20-11-5-3-4-6-11)14-12(15)9-17-18(14)7-8-19-2/h9,11,13,16H,3-8,10H2,1-2H3. The molecule has 1 unspecified atom stereocenters. The molecule has 0 saturated heterocycles. The number of nitrogens with zero attached hydrogens (tertiary/aromatic N) is 2. The van der Waals surface area contributed by atoms with Crippen LogP contribution in [-0.2, 0) is 11.3 Å². The van der Waals surface area contributed by atoms with E-state index in [1.807, 2.05) is 11.7 Å². The number of thioether (sulfide) groups is 1. The Morgan fingerprint density at radius 2 is 2.30 bits per heavy atom. The lowest BCUT2D eigenvalue weighted by molar-refractivity contribution is 0.182. The van der Waals surface area contributed by atoms with Gasteiger partial charge in [-0.25, -0.2) is 0 Å². The third-order valence-corrected chi connectivity index (χ3v) is 5.58. The largest absolute Gasteiger partial charge is 0.383 e. The molecule has 2 rings (SSSR count). The number of hydrogen-bond acceptors (Lipinski definition) is 4. The van der Waals surface area contributed by atoms with E-state index < -0.39 is 0 Å². The van der Waals surface area contributed by atoms with Crippen molar-refractivity contribution in [1.82, 2.24) is 15.1 Å². The van der Waals surface area contributed by atoms with Crippen LogP contribution in [-0.4, -0.2) is 41.5 Å². The second-order valence-electron chi connectivity index (χ2n) is 5.17. The van der Waals surface area contributed by atoms with Gasteiger partial charge >= 0.3 is 0 Å². The van der Waals surface area contributed by atoms with Crippen LogP contribution in [0.3, 0.4) is 0 Å². The van der Waals surface area contributed by atoms with E-state index in [9.17, 15) is 0 Å². The molecule has 0 aliphatic heterocycles. The summed E-state index contributed by atoms with van der Waals surface area (Å²) >= 11 is 8.38. The molecule has 1 aromatic rings. The minimum Gasteiger partial charge on any atom is -0.383 e. The third kappa shape index (κ3) is 4.13. The number of hydrogen-bond donors (Lipinski definition) is 1. The topological polar surface area (TPSA) is 39.1 Å². The second-order valence-corrected chi connectivity index (χ2v) is 6.92. The van der Waals surface area contributed by atoms with E-state index in [-0.39, 0.29) is 6.04 Å². The zero-order valence-corrected chi connectivity index (χ0v) is 13.8. The lowest BCUT2D eigenvalue weighted by Gasteiger charge is -2.20. The molecule has 1 N–H and O–H groups in total. The second kappa shape index (κ2) is 8.27. The fourth-order valence-corrected chi connectivity index (χ4v) is 4.39. The molecule has 0 amide bonds. The Balaban J connectivity index is 1.99. The number of nitrogens with one attached hydrogen (secondary N) is 1. The fourth-order valence-electron chi connectivity index (χ4n) is 2.66. The van der Waals surface area contributed by atoms with Gasteiger partial charge in [-0.1, -0.05) is 24.4 Å². The van der Waals surface area contributed by atoms with E-state index in [1.54, 1.807) is 13.3 Å². The molecule has 1 aromatic heterocycles. The van der Waals surface area contributed by atoms with Gasteiger partial charge < -0.3 is 10.1 Å². The molecule has 4 nitrogen and oxygen atoms in total. The summed E-state index contributed by atoms with van der Waals surface area (Å²) < 4.78 is 7.10. The monoisotopic (exact) mass is 317 g/mol. The minimum absolute atomic E-state index is 0.243. The van der Waals surface area contributed by atoms with Crippen molar-refractivity contribution in [3.05, 3.63) is 16.9 Å². The maximum absolute atomic E-state index is 6.32. The van der Waals surface area contributed by atoms with E-state index in [0.29, 0.717) is 6.61 Å². The molecule has 1 fully saturated rings. The molecule has 0 radical (unpaired) electrons. The summed E-state index contributed by atoms with van der Waals surface area (Å²) in [6.07, 6.45) is 7.22. The van der Waals surface area contributed by atoms with Crippen LogP contribution >= 0.6 is 23.4 Å². The fraction of sp³-hybridized carbons (Fsp3) is 0.786. The van der Waals surface area contributed by atoms with Crippen molar-refractivity contribution in [2.75, 3.05) is 26.5 Å². The third-order valence-electron chi connectivity index (χ3n) is 3.82. The molecule has 6 heteroatoms. The first-order valence-electron chi connectivity index (χ1n) is 7.25. The average molecular weight is 318 g/mol. The van der Waals surface area contributed by atoms with Crippen molar-refractivity contribution >= 4 is 23.4 Å². The summed E-state index contributed by atoms with van der Waals surface area (Å²) in [6, 6.07) is 0.243. The van der Waals surface area contributed by atoms with Gasteiger partial charge in [0.1, 0.15) is 0 Å². The van der Waals surface area contributed by atoms with Crippen LogP contribution in [0, 0.1) is 0 Å². The van der Waals surface area contributed by atoms with Crippen molar-refractivity contribution in [3.8, 4) is 0 Å². The van der Waals surface area contributed by atoms with Crippen molar-refractivity contribution in [2.24, 2.45) is 0 Å². The summed E-state index contributed by atoms with van der Waals surface area (Å²) in [5.41, 5.74) is 1.08. The smallest absolute Gasteiger partial charge is 0.0834 e. The van der Waals surface area contributed by atoms with Gasteiger partial charge in [0.05, 0.1) is 36.1 Å². The lowest BCUT2D eigenvalue weighted by atomic mass is 10.2. The molecule has 0 spiro atoms. The Morgan fingerprint density at radius 3 is 2.95 bits per heavy atom. The van der Waals surface area contributed by atoms with Gasteiger partial charge in [0.25, 0.3) is 0 Å². The number of ether oxygens (including phenoxy) is 1. The Bertz CT molecular complexity index is 407. The molecule has 0 bridgehead atoms.